The second kappa shape index (κ2) is 10.8. The zero-order valence-electron chi connectivity index (χ0n) is 19.2. The molecule has 1 saturated heterocycles. The Labute approximate surface area is 209 Å². The number of benzene rings is 3. The summed E-state index contributed by atoms with van der Waals surface area (Å²) in [6, 6.07) is 21.2. The van der Waals surface area contributed by atoms with Crippen molar-refractivity contribution < 1.29 is 19.0 Å². The maximum atomic E-state index is 13.1. The zero-order chi connectivity index (χ0) is 24.1. The fourth-order valence-corrected chi connectivity index (χ4v) is 4.74. The maximum Gasteiger partial charge on any atom is 0.270 e. The molecule has 3 aromatic carbocycles. The van der Waals surface area contributed by atoms with Gasteiger partial charge in [-0.05, 0) is 67.4 Å². The van der Waals surface area contributed by atoms with Crippen LogP contribution in [0.25, 0.3) is 6.08 Å². The van der Waals surface area contributed by atoms with Gasteiger partial charge in [-0.3, -0.25) is 9.69 Å². The molecule has 1 heterocycles. The van der Waals surface area contributed by atoms with Crippen molar-refractivity contribution in [1.82, 2.24) is 0 Å². The van der Waals surface area contributed by atoms with E-state index in [0.29, 0.717) is 39.6 Å². The highest BCUT2D eigenvalue weighted by molar-refractivity contribution is 8.27. The summed E-state index contributed by atoms with van der Waals surface area (Å²) in [6.45, 7) is 5.01. The number of rotatable bonds is 8. The number of thiocarbonyl (C=S) groups is 1. The molecule has 1 amide bonds. The maximum absolute atomic E-state index is 13.1. The Balaban J connectivity index is 1.50. The molecule has 1 fully saturated rings. The van der Waals surface area contributed by atoms with Crippen molar-refractivity contribution >= 4 is 46.0 Å². The van der Waals surface area contributed by atoms with Crippen LogP contribution in [0.5, 0.6) is 17.2 Å². The minimum absolute atomic E-state index is 0.155. The van der Waals surface area contributed by atoms with Crippen molar-refractivity contribution in [3.63, 3.8) is 0 Å². The van der Waals surface area contributed by atoms with Gasteiger partial charge in [-0.1, -0.05) is 59.9 Å². The van der Waals surface area contributed by atoms with Gasteiger partial charge in [-0.2, -0.15) is 0 Å². The third kappa shape index (κ3) is 5.43. The van der Waals surface area contributed by atoms with Gasteiger partial charge in [-0.15, -0.1) is 0 Å². The van der Waals surface area contributed by atoms with Crippen molar-refractivity contribution in [2.24, 2.45) is 0 Å². The van der Waals surface area contributed by atoms with Gasteiger partial charge < -0.3 is 14.2 Å². The number of methoxy groups -OCH3 is 1. The second-order valence-corrected chi connectivity index (χ2v) is 9.30. The lowest BCUT2D eigenvalue weighted by Gasteiger charge is -2.15. The van der Waals surface area contributed by atoms with Crippen molar-refractivity contribution in [3.05, 3.63) is 88.3 Å². The number of anilines is 1. The van der Waals surface area contributed by atoms with Crippen LogP contribution in [-0.2, 0) is 11.4 Å². The summed E-state index contributed by atoms with van der Waals surface area (Å²) in [5, 5.41) is 0. The first-order valence-electron chi connectivity index (χ1n) is 10.9. The molecule has 0 unspecified atom stereocenters. The normalized spacial score (nSPS) is 14.6. The Morgan fingerprint density at radius 2 is 1.71 bits per heavy atom. The van der Waals surface area contributed by atoms with Crippen molar-refractivity contribution in [2.75, 3.05) is 18.6 Å². The lowest BCUT2D eigenvalue weighted by atomic mass is 10.1. The Kier molecular flexibility index (Phi) is 7.55. The fraction of sp³-hybridized carbons (Fsp3) is 0.185. The minimum atomic E-state index is -0.155. The van der Waals surface area contributed by atoms with Crippen LogP contribution in [-0.4, -0.2) is 23.9 Å². The molecule has 174 valence electrons. The summed E-state index contributed by atoms with van der Waals surface area (Å²) in [5.74, 6) is 1.84. The fourth-order valence-electron chi connectivity index (χ4n) is 3.44. The van der Waals surface area contributed by atoms with E-state index in [1.807, 2.05) is 67.6 Å². The van der Waals surface area contributed by atoms with E-state index in [1.54, 1.807) is 7.11 Å². The number of carbonyl (C=O) groups excluding carboxylic acids is 1. The van der Waals surface area contributed by atoms with E-state index in [4.69, 9.17) is 26.4 Å². The van der Waals surface area contributed by atoms with E-state index in [0.717, 1.165) is 16.9 Å². The molecule has 0 aromatic heterocycles. The predicted molar refractivity (Wildman–Crippen MR) is 142 cm³/mol. The Bertz CT molecular complexity index is 1220. The molecule has 3 aromatic rings. The van der Waals surface area contributed by atoms with Crippen LogP contribution < -0.4 is 19.1 Å². The van der Waals surface area contributed by atoms with E-state index in [-0.39, 0.29) is 5.91 Å². The third-order valence-corrected chi connectivity index (χ3v) is 6.50. The number of hydrogen-bond acceptors (Lipinski definition) is 6. The molecule has 34 heavy (non-hydrogen) atoms. The Morgan fingerprint density at radius 1 is 0.971 bits per heavy atom. The van der Waals surface area contributed by atoms with Gasteiger partial charge in [0.1, 0.15) is 12.4 Å². The standard InChI is InChI=1S/C27H25NO4S2/c1-4-31-22-12-10-21(11-13-22)28-26(29)25(34-27(28)33)16-20-9-14-23(24(15-20)30-3)32-17-19-7-5-18(2)6-8-19/h5-16H,4,17H2,1-3H3/b25-16-. The number of ether oxygens (including phenoxy) is 3. The van der Waals surface area contributed by atoms with E-state index >= 15 is 0 Å². The lowest BCUT2D eigenvalue weighted by Crippen LogP contribution is -2.27. The summed E-state index contributed by atoms with van der Waals surface area (Å²) >= 11 is 6.76. The molecule has 0 N–H and O–H groups in total. The molecular formula is C27H25NO4S2. The van der Waals surface area contributed by atoms with Gasteiger partial charge in [0, 0.05) is 0 Å². The van der Waals surface area contributed by atoms with Crippen molar-refractivity contribution in [2.45, 2.75) is 20.5 Å². The second-order valence-electron chi connectivity index (χ2n) is 7.63. The number of amides is 1. The topological polar surface area (TPSA) is 48.0 Å². The molecule has 0 bridgehead atoms. The highest BCUT2D eigenvalue weighted by Gasteiger charge is 2.33. The molecule has 7 heteroatoms. The Morgan fingerprint density at radius 3 is 2.38 bits per heavy atom. The van der Waals surface area contributed by atoms with Gasteiger partial charge in [0.15, 0.2) is 15.8 Å². The van der Waals surface area contributed by atoms with Gasteiger partial charge in [-0.25, -0.2) is 0 Å². The van der Waals surface area contributed by atoms with Crippen LogP contribution in [0.3, 0.4) is 0 Å². The SMILES string of the molecule is CCOc1ccc(N2C(=O)/C(=C/c3ccc(OCc4ccc(C)cc4)c(OC)c3)SC2=S)cc1. The van der Waals surface area contributed by atoms with Crippen LogP contribution in [0.15, 0.2) is 71.6 Å². The average molecular weight is 492 g/mol. The highest BCUT2D eigenvalue weighted by Crippen LogP contribution is 2.37. The highest BCUT2D eigenvalue weighted by atomic mass is 32.2. The monoisotopic (exact) mass is 491 g/mol. The lowest BCUT2D eigenvalue weighted by molar-refractivity contribution is -0.113. The summed E-state index contributed by atoms with van der Waals surface area (Å²) in [5.41, 5.74) is 3.83. The smallest absolute Gasteiger partial charge is 0.270 e. The average Bonchev–Trinajstić information content (AvgIpc) is 3.12. The van der Waals surface area contributed by atoms with Crippen LogP contribution in [0.1, 0.15) is 23.6 Å². The van der Waals surface area contributed by atoms with E-state index in [2.05, 4.69) is 19.1 Å². The van der Waals surface area contributed by atoms with E-state index in [1.165, 1.54) is 22.2 Å². The summed E-state index contributed by atoms with van der Waals surface area (Å²) in [7, 11) is 1.60. The molecule has 0 radical (unpaired) electrons. The van der Waals surface area contributed by atoms with Gasteiger partial charge in [0.2, 0.25) is 0 Å². The van der Waals surface area contributed by atoms with Crippen molar-refractivity contribution in [3.8, 4) is 17.2 Å². The van der Waals surface area contributed by atoms with Crippen molar-refractivity contribution in [1.29, 1.82) is 0 Å². The number of thioether (sulfide) groups is 1. The summed E-state index contributed by atoms with van der Waals surface area (Å²) in [4.78, 5) is 15.2. The van der Waals surface area contributed by atoms with Crippen LogP contribution >= 0.6 is 24.0 Å². The van der Waals surface area contributed by atoms with E-state index < -0.39 is 0 Å². The van der Waals surface area contributed by atoms with Gasteiger partial charge in [0.25, 0.3) is 5.91 Å². The first kappa shape index (κ1) is 23.9. The Hall–Kier alpha value is -3.29. The molecule has 0 saturated carbocycles. The zero-order valence-corrected chi connectivity index (χ0v) is 20.9. The quantitative estimate of drug-likeness (QED) is 0.269. The minimum Gasteiger partial charge on any atom is -0.494 e. The molecule has 1 aliphatic heterocycles. The summed E-state index contributed by atoms with van der Waals surface area (Å²) < 4.78 is 17.5. The third-order valence-electron chi connectivity index (χ3n) is 5.20. The number of aryl methyl sites for hydroxylation is 1. The molecule has 1 aliphatic rings. The molecule has 0 atom stereocenters. The largest absolute Gasteiger partial charge is 0.494 e. The first-order valence-corrected chi connectivity index (χ1v) is 12.1. The van der Waals surface area contributed by atoms with Crippen LogP contribution in [0, 0.1) is 6.92 Å². The molecule has 5 nitrogen and oxygen atoms in total. The number of hydrogen-bond donors (Lipinski definition) is 0. The number of nitrogens with zero attached hydrogens (tertiary/aromatic N) is 1. The van der Waals surface area contributed by atoms with Gasteiger partial charge in [0.05, 0.1) is 24.3 Å². The predicted octanol–water partition coefficient (Wildman–Crippen LogP) is 6.39. The van der Waals surface area contributed by atoms with Crippen LogP contribution in [0.4, 0.5) is 5.69 Å². The van der Waals surface area contributed by atoms with Crippen LogP contribution in [0.2, 0.25) is 0 Å². The molecular weight excluding hydrogens is 466 g/mol. The van der Waals surface area contributed by atoms with Gasteiger partial charge >= 0.3 is 0 Å². The number of carbonyl (C=O) groups is 1. The summed E-state index contributed by atoms with van der Waals surface area (Å²) in [6.07, 6.45) is 1.82. The molecule has 4 rings (SSSR count). The molecule has 0 aliphatic carbocycles. The molecule has 0 spiro atoms. The first-order chi connectivity index (χ1) is 16.5. The van der Waals surface area contributed by atoms with E-state index in [9.17, 15) is 4.79 Å².